The van der Waals surface area contributed by atoms with E-state index in [-0.39, 0.29) is 31.3 Å². The molecule has 0 aromatic heterocycles. The number of carbonyl (C=O) groups is 2. The second-order valence-corrected chi connectivity index (χ2v) is 13.0. The summed E-state index contributed by atoms with van der Waals surface area (Å²) >= 11 is 0. The number of aliphatic hydroxyl groups excluding tert-OH is 4. The molecule has 6 atom stereocenters. The predicted octanol–water partition coefficient (Wildman–Crippen LogP) is 6.30. The number of rotatable bonds is 26. The van der Waals surface area contributed by atoms with Gasteiger partial charge in [-0.25, -0.2) is 0 Å². The fourth-order valence-electron chi connectivity index (χ4n) is 5.42. The lowest BCUT2D eigenvalue weighted by Gasteiger charge is -2.36. The van der Waals surface area contributed by atoms with Crippen LogP contribution in [0.5, 0.6) is 0 Å². The van der Waals surface area contributed by atoms with Gasteiger partial charge in [0.2, 0.25) is 0 Å². The first-order chi connectivity index (χ1) is 21.7. The summed E-state index contributed by atoms with van der Waals surface area (Å²) in [6, 6.07) is 0. The van der Waals surface area contributed by atoms with E-state index in [4.69, 9.17) is 14.2 Å². The molecule has 0 aromatic rings. The second-order valence-electron chi connectivity index (χ2n) is 13.0. The fraction of sp³-hybridized carbons (Fsp3) is 0.833. The summed E-state index contributed by atoms with van der Waals surface area (Å²) in [4.78, 5) is 24.3. The molecule has 0 spiro atoms. The van der Waals surface area contributed by atoms with Gasteiger partial charge in [0.25, 0.3) is 0 Å². The van der Waals surface area contributed by atoms with Gasteiger partial charge in [0.05, 0.1) is 24.9 Å². The van der Waals surface area contributed by atoms with E-state index >= 15 is 0 Å². The molecule has 0 aliphatic carbocycles. The van der Waals surface area contributed by atoms with Gasteiger partial charge >= 0.3 is 11.9 Å². The van der Waals surface area contributed by atoms with Crippen molar-refractivity contribution in [2.24, 2.45) is 11.8 Å². The monoisotopic (exact) mass is 640 g/mol. The zero-order chi connectivity index (χ0) is 33.3. The first kappa shape index (κ1) is 41.2. The van der Waals surface area contributed by atoms with Gasteiger partial charge in [0, 0.05) is 25.2 Å². The lowest BCUT2D eigenvalue weighted by atomic mass is 9.87. The van der Waals surface area contributed by atoms with Crippen LogP contribution in [0.2, 0.25) is 0 Å². The third-order valence-electron chi connectivity index (χ3n) is 8.22. The Hall–Kier alpha value is -1.78. The summed E-state index contributed by atoms with van der Waals surface area (Å²) in [5.74, 6) is -0.286. The lowest BCUT2D eigenvalue weighted by molar-refractivity contribution is -0.199. The highest BCUT2D eigenvalue weighted by Crippen LogP contribution is 2.29. The summed E-state index contributed by atoms with van der Waals surface area (Å²) < 4.78 is 16.1. The number of ether oxygens (including phenoxy) is 3. The summed E-state index contributed by atoms with van der Waals surface area (Å²) in [7, 11) is 0. The SMILES string of the molecule is CCCCC[C@H](O)/C=C/[C@H]1OC(O)C[C@H](O)[C@@H]1C/C=C\CCCC(=O)O[C@@H](CO)COC(=O)CCCCCCCCCC(C)C. The smallest absolute Gasteiger partial charge is 0.306 e. The molecule has 1 unspecified atom stereocenters. The summed E-state index contributed by atoms with van der Waals surface area (Å²) in [6.07, 6.45) is 18.8. The molecule has 45 heavy (non-hydrogen) atoms. The van der Waals surface area contributed by atoms with Crippen LogP contribution in [0.25, 0.3) is 0 Å². The number of allylic oxidation sites excluding steroid dienone is 2. The van der Waals surface area contributed by atoms with Crippen molar-refractivity contribution < 1.29 is 44.2 Å². The Bertz CT molecular complexity index is 812. The van der Waals surface area contributed by atoms with Gasteiger partial charge in [-0.1, -0.05) is 109 Å². The number of carbonyl (C=O) groups excluding carboxylic acids is 2. The maximum Gasteiger partial charge on any atom is 0.306 e. The van der Waals surface area contributed by atoms with Gasteiger partial charge in [0.15, 0.2) is 12.4 Å². The molecule has 1 fully saturated rings. The van der Waals surface area contributed by atoms with Crippen LogP contribution in [-0.4, -0.2) is 76.3 Å². The number of esters is 2. The first-order valence-corrected chi connectivity index (χ1v) is 17.6. The van der Waals surface area contributed by atoms with Crippen LogP contribution in [0, 0.1) is 11.8 Å². The number of unbranched alkanes of at least 4 members (excludes halogenated alkanes) is 9. The van der Waals surface area contributed by atoms with Gasteiger partial charge in [0.1, 0.15) is 6.61 Å². The minimum atomic E-state index is -1.05. The number of hydrogen-bond donors (Lipinski definition) is 4. The molecule has 9 nitrogen and oxygen atoms in total. The van der Waals surface area contributed by atoms with Crippen LogP contribution >= 0.6 is 0 Å². The van der Waals surface area contributed by atoms with E-state index in [2.05, 4.69) is 20.8 Å². The highest BCUT2D eigenvalue weighted by molar-refractivity contribution is 5.70. The Balaban J connectivity index is 2.25. The topological polar surface area (TPSA) is 143 Å². The average molecular weight is 641 g/mol. The van der Waals surface area contributed by atoms with E-state index in [9.17, 15) is 30.0 Å². The van der Waals surface area contributed by atoms with E-state index in [1.165, 1.54) is 32.1 Å². The maximum atomic E-state index is 12.2. The minimum Gasteiger partial charge on any atom is -0.462 e. The molecule has 0 amide bonds. The minimum absolute atomic E-state index is 0.133. The van der Waals surface area contributed by atoms with Crippen LogP contribution in [0.1, 0.15) is 136 Å². The molecule has 4 N–H and O–H groups in total. The maximum absolute atomic E-state index is 12.2. The Kier molecular flexibility index (Phi) is 24.1. The molecule has 1 aliphatic heterocycles. The quantitative estimate of drug-likeness (QED) is 0.0487. The van der Waals surface area contributed by atoms with E-state index in [1.807, 2.05) is 12.2 Å². The molecule has 1 saturated heterocycles. The molecule has 0 radical (unpaired) electrons. The van der Waals surface area contributed by atoms with Crippen LogP contribution < -0.4 is 0 Å². The normalized spacial score (nSPS) is 21.9. The van der Waals surface area contributed by atoms with E-state index in [0.29, 0.717) is 32.1 Å². The van der Waals surface area contributed by atoms with Crippen molar-refractivity contribution in [2.45, 2.75) is 167 Å². The molecule has 0 aromatic carbocycles. The van der Waals surface area contributed by atoms with Crippen molar-refractivity contribution in [3.63, 3.8) is 0 Å². The van der Waals surface area contributed by atoms with E-state index in [1.54, 1.807) is 12.2 Å². The van der Waals surface area contributed by atoms with Crippen molar-refractivity contribution in [1.82, 2.24) is 0 Å². The highest BCUT2D eigenvalue weighted by atomic mass is 16.6. The van der Waals surface area contributed by atoms with Crippen LogP contribution in [0.15, 0.2) is 24.3 Å². The number of aliphatic hydroxyl groups is 4. The first-order valence-electron chi connectivity index (χ1n) is 17.6. The Morgan fingerprint density at radius 2 is 1.56 bits per heavy atom. The van der Waals surface area contributed by atoms with Crippen molar-refractivity contribution in [2.75, 3.05) is 13.2 Å². The number of hydrogen-bond acceptors (Lipinski definition) is 9. The Morgan fingerprint density at radius 1 is 0.889 bits per heavy atom. The van der Waals surface area contributed by atoms with E-state index in [0.717, 1.165) is 44.4 Å². The van der Waals surface area contributed by atoms with E-state index < -0.39 is 43.3 Å². The molecule has 9 heteroatoms. The van der Waals surface area contributed by atoms with Crippen molar-refractivity contribution in [3.8, 4) is 0 Å². The molecular formula is C36H64O9. The highest BCUT2D eigenvalue weighted by Gasteiger charge is 2.35. The van der Waals surface area contributed by atoms with Gasteiger partial charge in [-0.2, -0.15) is 0 Å². The summed E-state index contributed by atoms with van der Waals surface area (Å²) in [5.41, 5.74) is 0. The van der Waals surface area contributed by atoms with Crippen molar-refractivity contribution in [3.05, 3.63) is 24.3 Å². The second kappa shape index (κ2) is 26.3. The molecule has 0 saturated carbocycles. The molecular weight excluding hydrogens is 576 g/mol. The Labute approximate surface area is 272 Å². The molecule has 0 bridgehead atoms. The largest absolute Gasteiger partial charge is 0.462 e. The zero-order valence-corrected chi connectivity index (χ0v) is 28.3. The van der Waals surface area contributed by atoms with Gasteiger partial charge in [-0.15, -0.1) is 0 Å². The van der Waals surface area contributed by atoms with Crippen molar-refractivity contribution in [1.29, 1.82) is 0 Å². The lowest BCUT2D eigenvalue weighted by Crippen LogP contribution is -2.43. The molecule has 1 rings (SSSR count). The van der Waals surface area contributed by atoms with Gasteiger partial charge in [-0.05, 0) is 38.0 Å². The third-order valence-corrected chi connectivity index (χ3v) is 8.22. The Morgan fingerprint density at radius 3 is 2.24 bits per heavy atom. The summed E-state index contributed by atoms with van der Waals surface area (Å²) in [5, 5.41) is 40.2. The van der Waals surface area contributed by atoms with Gasteiger partial charge in [-0.3, -0.25) is 9.59 Å². The van der Waals surface area contributed by atoms with Crippen LogP contribution in [0.4, 0.5) is 0 Å². The average Bonchev–Trinajstić information content (AvgIpc) is 2.99. The molecule has 1 heterocycles. The standard InChI is InChI=1S/C36H64O9/c1-4-5-13-19-29(38)23-24-33-31(32(39)25-36(42)45-33)20-15-11-12-17-22-35(41)44-30(26-37)27-43-34(40)21-16-10-8-6-7-9-14-18-28(2)3/h11,15,23-24,28-33,36-39,42H,4-10,12-14,16-22,25-27H2,1-3H3/b15-11-,24-23+/t29-,30-,31-,32-,33+,36?/m0/s1. The zero-order valence-electron chi connectivity index (χ0n) is 28.3. The van der Waals surface area contributed by atoms with Gasteiger partial charge < -0.3 is 34.6 Å². The van der Waals surface area contributed by atoms with Crippen LogP contribution in [0.3, 0.4) is 0 Å². The fourth-order valence-corrected chi connectivity index (χ4v) is 5.42. The predicted molar refractivity (Wildman–Crippen MR) is 176 cm³/mol. The van der Waals surface area contributed by atoms with Crippen molar-refractivity contribution >= 4 is 11.9 Å². The molecule has 262 valence electrons. The van der Waals surface area contributed by atoms with Crippen LogP contribution in [-0.2, 0) is 23.8 Å². The third kappa shape index (κ3) is 21.6. The summed E-state index contributed by atoms with van der Waals surface area (Å²) in [6.45, 7) is 6.05. The molecule has 1 aliphatic rings.